The Morgan fingerprint density at radius 2 is 1.84 bits per heavy atom. The van der Waals surface area contributed by atoms with Gasteiger partial charge in [0.05, 0.1) is 11.3 Å². The van der Waals surface area contributed by atoms with E-state index in [1.807, 2.05) is 25.1 Å². The van der Waals surface area contributed by atoms with E-state index in [2.05, 4.69) is 18.7 Å². The van der Waals surface area contributed by atoms with Crippen molar-refractivity contribution >= 4 is 23.4 Å². The SMILES string of the molecule is CCCN(CCC)c1cccc(SCC)c1C(=O)O. The van der Waals surface area contributed by atoms with E-state index in [4.69, 9.17) is 0 Å². The van der Waals surface area contributed by atoms with Gasteiger partial charge in [-0.2, -0.15) is 0 Å². The second-order valence-electron chi connectivity index (χ2n) is 4.38. The lowest BCUT2D eigenvalue weighted by Gasteiger charge is -2.26. The molecular weight excluding hydrogens is 258 g/mol. The Morgan fingerprint density at radius 1 is 1.21 bits per heavy atom. The number of carboxylic acid groups (broad SMARTS) is 1. The second kappa shape index (κ2) is 8.10. The maximum absolute atomic E-state index is 11.6. The molecule has 0 heterocycles. The summed E-state index contributed by atoms with van der Waals surface area (Å²) in [6, 6.07) is 5.78. The van der Waals surface area contributed by atoms with Gasteiger partial charge in [-0.3, -0.25) is 0 Å². The molecule has 1 aromatic rings. The number of thioether (sulfide) groups is 1. The summed E-state index contributed by atoms with van der Waals surface area (Å²) in [6.07, 6.45) is 2.04. The van der Waals surface area contributed by atoms with E-state index in [0.717, 1.165) is 42.3 Å². The molecule has 0 aromatic heterocycles. The van der Waals surface area contributed by atoms with E-state index in [1.54, 1.807) is 11.8 Å². The molecule has 0 saturated heterocycles. The van der Waals surface area contributed by atoms with Gasteiger partial charge in [-0.25, -0.2) is 4.79 Å². The molecule has 0 bridgehead atoms. The zero-order valence-corrected chi connectivity index (χ0v) is 12.8. The Kier molecular flexibility index (Phi) is 6.78. The molecule has 0 fully saturated rings. The van der Waals surface area contributed by atoms with Gasteiger partial charge in [0.25, 0.3) is 0 Å². The summed E-state index contributed by atoms with van der Waals surface area (Å²) in [5.41, 5.74) is 1.31. The number of anilines is 1. The van der Waals surface area contributed by atoms with Crippen molar-refractivity contribution < 1.29 is 9.90 Å². The molecule has 1 rings (SSSR count). The largest absolute Gasteiger partial charge is 0.478 e. The quantitative estimate of drug-likeness (QED) is 0.728. The van der Waals surface area contributed by atoms with Crippen LogP contribution in [0.4, 0.5) is 5.69 Å². The molecule has 19 heavy (non-hydrogen) atoms. The third-order valence-electron chi connectivity index (χ3n) is 2.85. The van der Waals surface area contributed by atoms with Crippen LogP contribution in [0.2, 0.25) is 0 Å². The van der Waals surface area contributed by atoms with Crippen LogP contribution in [0.25, 0.3) is 0 Å². The highest BCUT2D eigenvalue weighted by atomic mass is 32.2. The van der Waals surface area contributed by atoms with Crippen molar-refractivity contribution in [3.63, 3.8) is 0 Å². The average molecular weight is 281 g/mol. The number of hydrogen-bond donors (Lipinski definition) is 1. The summed E-state index contributed by atoms with van der Waals surface area (Å²) in [7, 11) is 0. The number of benzene rings is 1. The van der Waals surface area contributed by atoms with E-state index >= 15 is 0 Å². The molecule has 1 aromatic carbocycles. The van der Waals surface area contributed by atoms with Gasteiger partial charge >= 0.3 is 5.97 Å². The van der Waals surface area contributed by atoms with Crippen LogP contribution in [0.1, 0.15) is 44.0 Å². The molecule has 0 aliphatic carbocycles. The van der Waals surface area contributed by atoms with Crippen LogP contribution in [-0.2, 0) is 0 Å². The number of rotatable bonds is 8. The molecule has 4 heteroatoms. The molecule has 0 spiro atoms. The standard InChI is InChI=1S/C15H23NO2S/c1-4-10-16(11-5-2)12-8-7-9-13(19-6-3)14(12)15(17)18/h7-9H,4-6,10-11H2,1-3H3,(H,17,18). The van der Waals surface area contributed by atoms with Gasteiger partial charge in [-0.15, -0.1) is 11.8 Å². The Morgan fingerprint density at radius 3 is 2.32 bits per heavy atom. The van der Waals surface area contributed by atoms with Crippen molar-refractivity contribution in [1.29, 1.82) is 0 Å². The summed E-state index contributed by atoms with van der Waals surface area (Å²) in [5, 5.41) is 9.52. The summed E-state index contributed by atoms with van der Waals surface area (Å²) >= 11 is 1.59. The van der Waals surface area contributed by atoms with Gasteiger partial charge in [0.1, 0.15) is 0 Å². The number of hydrogen-bond acceptors (Lipinski definition) is 3. The highest BCUT2D eigenvalue weighted by molar-refractivity contribution is 7.99. The summed E-state index contributed by atoms with van der Waals surface area (Å²) in [5.74, 6) is 0.0504. The summed E-state index contributed by atoms with van der Waals surface area (Å²) in [6.45, 7) is 8.07. The highest BCUT2D eigenvalue weighted by Crippen LogP contribution is 2.31. The molecule has 0 unspecified atom stereocenters. The third kappa shape index (κ3) is 4.16. The Balaban J connectivity index is 3.23. The number of aromatic carboxylic acids is 1. The lowest BCUT2D eigenvalue weighted by Crippen LogP contribution is -2.27. The molecule has 0 amide bonds. The maximum atomic E-state index is 11.6. The maximum Gasteiger partial charge on any atom is 0.338 e. The van der Waals surface area contributed by atoms with E-state index in [0.29, 0.717) is 5.56 Å². The van der Waals surface area contributed by atoms with Crippen LogP contribution in [0, 0.1) is 0 Å². The summed E-state index contributed by atoms with van der Waals surface area (Å²) in [4.78, 5) is 14.6. The molecule has 0 aliphatic heterocycles. The minimum absolute atomic E-state index is 0.455. The van der Waals surface area contributed by atoms with Crippen LogP contribution in [0.3, 0.4) is 0 Å². The average Bonchev–Trinajstić information content (AvgIpc) is 2.38. The lowest BCUT2D eigenvalue weighted by molar-refractivity contribution is 0.0694. The van der Waals surface area contributed by atoms with Crippen molar-refractivity contribution in [1.82, 2.24) is 0 Å². The van der Waals surface area contributed by atoms with E-state index < -0.39 is 5.97 Å². The predicted octanol–water partition coefficient (Wildman–Crippen LogP) is 4.12. The molecule has 0 saturated carbocycles. The van der Waals surface area contributed by atoms with Gasteiger partial charge in [-0.05, 0) is 30.7 Å². The highest BCUT2D eigenvalue weighted by Gasteiger charge is 2.19. The molecule has 0 aliphatic rings. The molecule has 0 atom stereocenters. The number of nitrogens with zero attached hydrogens (tertiary/aromatic N) is 1. The van der Waals surface area contributed by atoms with Crippen LogP contribution in [0.15, 0.2) is 23.1 Å². The number of carboxylic acids is 1. The number of carbonyl (C=O) groups is 1. The van der Waals surface area contributed by atoms with Crippen LogP contribution >= 0.6 is 11.8 Å². The van der Waals surface area contributed by atoms with Crippen molar-refractivity contribution in [2.75, 3.05) is 23.7 Å². The first-order valence-corrected chi connectivity index (χ1v) is 7.88. The molecule has 0 radical (unpaired) electrons. The molecule has 106 valence electrons. The van der Waals surface area contributed by atoms with Gasteiger partial charge < -0.3 is 10.0 Å². The first-order valence-electron chi connectivity index (χ1n) is 6.89. The van der Waals surface area contributed by atoms with Crippen molar-refractivity contribution in [3.05, 3.63) is 23.8 Å². The van der Waals surface area contributed by atoms with Crippen molar-refractivity contribution in [2.24, 2.45) is 0 Å². The predicted molar refractivity (Wildman–Crippen MR) is 82.6 cm³/mol. The fourth-order valence-corrected chi connectivity index (χ4v) is 2.99. The zero-order chi connectivity index (χ0) is 14.3. The van der Waals surface area contributed by atoms with Crippen LogP contribution < -0.4 is 4.90 Å². The lowest BCUT2D eigenvalue weighted by atomic mass is 10.1. The first-order chi connectivity index (χ1) is 9.15. The van der Waals surface area contributed by atoms with Crippen LogP contribution in [-0.4, -0.2) is 29.9 Å². The monoisotopic (exact) mass is 281 g/mol. The van der Waals surface area contributed by atoms with E-state index in [1.165, 1.54) is 0 Å². The third-order valence-corrected chi connectivity index (χ3v) is 3.79. The fraction of sp³-hybridized carbons (Fsp3) is 0.533. The second-order valence-corrected chi connectivity index (χ2v) is 5.68. The molecule has 1 N–H and O–H groups in total. The Bertz CT molecular complexity index is 415. The zero-order valence-electron chi connectivity index (χ0n) is 12.0. The molecular formula is C15H23NO2S. The normalized spacial score (nSPS) is 10.5. The Hall–Kier alpha value is -1.16. The first kappa shape index (κ1) is 15.9. The van der Waals surface area contributed by atoms with Crippen LogP contribution in [0.5, 0.6) is 0 Å². The van der Waals surface area contributed by atoms with Crippen molar-refractivity contribution in [3.8, 4) is 0 Å². The van der Waals surface area contributed by atoms with E-state index in [-0.39, 0.29) is 0 Å². The van der Waals surface area contributed by atoms with Crippen molar-refractivity contribution in [2.45, 2.75) is 38.5 Å². The minimum atomic E-state index is -0.830. The van der Waals surface area contributed by atoms with Gasteiger partial charge in [0.2, 0.25) is 0 Å². The minimum Gasteiger partial charge on any atom is -0.478 e. The van der Waals surface area contributed by atoms with Gasteiger partial charge in [0.15, 0.2) is 0 Å². The summed E-state index contributed by atoms with van der Waals surface area (Å²) < 4.78 is 0. The molecule has 3 nitrogen and oxygen atoms in total. The van der Waals surface area contributed by atoms with Gasteiger partial charge in [0, 0.05) is 18.0 Å². The fourth-order valence-electron chi connectivity index (χ4n) is 2.17. The van der Waals surface area contributed by atoms with Gasteiger partial charge in [-0.1, -0.05) is 26.8 Å². The Labute approximate surface area is 120 Å². The smallest absolute Gasteiger partial charge is 0.338 e. The topological polar surface area (TPSA) is 40.5 Å². The van der Waals surface area contributed by atoms with E-state index in [9.17, 15) is 9.90 Å².